The Bertz CT molecular complexity index is 1070. The van der Waals surface area contributed by atoms with E-state index >= 15 is 0 Å². The third-order valence-corrected chi connectivity index (χ3v) is 5.99. The lowest BCUT2D eigenvalue weighted by molar-refractivity contribution is -0.384. The molecule has 1 aliphatic rings. The van der Waals surface area contributed by atoms with Crippen molar-refractivity contribution in [1.29, 1.82) is 0 Å². The van der Waals surface area contributed by atoms with Crippen molar-refractivity contribution in [2.75, 3.05) is 45.2 Å². The smallest absolute Gasteiger partial charge is 0.270 e. The molecule has 3 aromatic rings. The third kappa shape index (κ3) is 4.57. The van der Waals surface area contributed by atoms with Gasteiger partial charge in [0.05, 0.1) is 21.9 Å². The summed E-state index contributed by atoms with van der Waals surface area (Å²) in [6.45, 7) is 2.88. The summed E-state index contributed by atoms with van der Waals surface area (Å²) in [4.78, 5) is 34.9. The molecule has 162 valence electrons. The van der Waals surface area contributed by atoms with Crippen molar-refractivity contribution in [2.24, 2.45) is 0 Å². The lowest BCUT2D eigenvalue weighted by Gasteiger charge is -2.34. The average Bonchev–Trinajstić information content (AvgIpc) is 3.45. The van der Waals surface area contributed by atoms with Gasteiger partial charge in [-0.15, -0.1) is 11.3 Å². The molecule has 0 aliphatic carbocycles. The number of benzene rings is 1. The standard InChI is InChI=1S/C20H22N6O4S/c1-23(2)16-6-5-14(26(28)29)12-15(16)20(27)25-9-7-24(8-10-25)13-18-21-19(30-22-18)17-4-3-11-31-17/h3-6,11-12H,7-10,13H2,1-2H3. The molecular weight excluding hydrogens is 420 g/mol. The minimum Gasteiger partial charge on any atom is -0.377 e. The second-order valence-corrected chi connectivity index (χ2v) is 8.36. The van der Waals surface area contributed by atoms with Crippen LogP contribution in [0.1, 0.15) is 16.2 Å². The highest BCUT2D eigenvalue weighted by atomic mass is 32.1. The summed E-state index contributed by atoms with van der Waals surface area (Å²) in [5, 5.41) is 17.2. The second-order valence-electron chi connectivity index (χ2n) is 7.41. The molecule has 1 aliphatic heterocycles. The maximum atomic E-state index is 13.1. The number of aromatic nitrogens is 2. The SMILES string of the molecule is CN(C)c1ccc([N+](=O)[O-])cc1C(=O)N1CCN(Cc2noc(-c3cccs3)n2)CC1. The maximum Gasteiger partial charge on any atom is 0.270 e. The van der Waals surface area contributed by atoms with Crippen LogP contribution in [0.2, 0.25) is 0 Å². The van der Waals surface area contributed by atoms with Crippen molar-refractivity contribution in [3.63, 3.8) is 0 Å². The monoisotopic (exact) mass is 442 g/mol. The van der Waals surface area contributed by atoms with Crippen molar-refractivity contribution in [3.05, 3.63) is 57.2 Å². The first-order valence-corrected chi connectivity index (χ1v) is 10.6. The summed E-state index contributed by atoms with van der Waals surface area (Å²) in [5.74, 6) is 0.920. The van der Waals surface area contributed by atoms with Gasteiger partial charge in [0.15, 0.2) is 5.82 Å². The number of non-ortho nitro benzene ring substituents is 1. The van der Waals surface area contributed by atoms with Gasteiger partial charge >= 0.3 is 0 Å². The fourth-order valence-corrected chi connectivity index (χ4v) is 4.14. The quantitative estimate of drug-likeness (QED) is 0.423. The van der Waals surface area contributed by atoms with Crippen LogP contribution < -0.4 is 4.90 Å². The Labute approximate surface area is 182 Å². The van der Waals surface area contributed by atoms with Gasteiger partial charge in [-0.25, -0.2) is 0 Å². The predicted molar refractivity (Wildman–Crippen MR) is 116 cm³/mol. The van der Waals surface area contributed by atoms with Gasteiger partial charge in [0.1, 0.15) is 0 Å². The van der Waals surface area contributed by atoms with Crippen LogP contribution in [0.15, 0.2) is 40.2 Å². The van der Waals surface area contributed by atoms with Gasteiger partial charge in [-0.05, 0) is 17.5 Å². The van der Waals surface area contributed by atoms with E-state index in [4.69, 9.17) is 4.52 Å². The molecule has 1 amide bonds. The zero-order valence-corrected chi connectivity index (χ0v) is 18.0. The number of rotatable bonds is 6. The minimum atomic E-state index is -0.483. The van der Waals surface area contributed by atoms with Crippen LogP contribution >= 0.6 is 11.3 Å². The number of nitro benzene ring substituents is 1. The highest BCUT2D eigenvalue weighted by Gasteiger charge is 2.26. The Balaban J connectivity index is 1.40. The van der Waals surface area contributed by atoms with Crippen LogP contribution in [0.25, 0.3) is 10.8 Å². The van der Waals surface area contributed by atoms with E-state index < -0.39 is 4.92 Å². The zero-order chi connectivity index (χ0) is 22.0. The normalized spacial score (nSPS) is 14.6. The van der Waals surface area contributed by atoms with Crippen LogP contribution in [0.3, 0.4) is 0 Å². The number of hydrogen-bond donors (Lipinski definition) is 0. The predicted octanol–water partition coefficient (Wildman–Crippen LogP) is 2.73. The van der Waals surface area contributed by atoms with Gasteiger partial charge < -0.3 is 14.3 Å². The van der Waals surface area contributed by atoms with Gasteiger partial charge in [-0.3, -0.25) is 19.8 Å². The van der Waals surface area contributed by atoms with Crippen molar-refractivity contribution < 1.29 is 14.2 Å². The topological polar surface area (TPSA) is 109 Å². The second kappa shape index (κ2) is 8.82. The minimum absolute atomic E-state index is 0.0914. The van der Waals surface area contributed by atoms with Gasteiger partial charge in [0, 0.05) is 58.1 Å². The fourth-order valence-electron chi connectivity index (χ4n) is 3.50. The van der Waals surface area contributed by atoms with E-state index in [0.29, 0.717) is 55.7 Å². The lowest BCUT2D eigenvalue weighted by atomic mass is 10.1. The van der Waals surface area contributed by atoms with E-state index in [1.54, 1.807) is 27.2 Å². The van der Waals surface area contributed by atoms with Crippen molar-refractivity contribution in [3.8, 4) is 10.8 Å². The van der Waals surface area contributed by atoms with Gasteiger partial charge in [0.25, 0.3) is 17.5 Å². The number of nitro groups is 1. The van der Waals surface area contributed by atoms with Gasteiger partial charge in [0.2, 0.25) is 0 Å². The summed E-state index contributed by atoms with van der Waals surface area (Å²) < 4.78 is 5.33. The van der Waals surface area contributed by atoms with Crippen LogP contribution in [0, 0.1) is 10.1 Å². The Kier molecular flexibility index (Phi) is 5.96. The molecule has 3 heterocycles. The summed E-state index contributed by atoms with van der Waals surface area (Å²) in [6, 6.07) is 8.25. The van der Waals surface area contributed by atoms with E-state index in [1.807, 2.05) is 31.6 Å². The molecule has 31 heavy (non-hydrogen) atoms. The molecule has 2 aromatic heterocycles. The number of amides is 1. The van der Waals surface area contributed by atoms with Crippen molar-refractivity contribution in [2.45, 2.75) is 6.54 Å². The number of nitrogens with zero attached hydrogens (tertiary/aromatic N) is 6. The Morgan fingerprint density at radius 2 is 2.03 bits per heavy atom. The molecule has 4 rings (SSSR count). The molecule has 1 fully saturated rings. The number of carbonyl (C=O) groups is 1. The summed E-state index contributed by atoms with van der Waals surface area (Å²) in [5.41, 5.74) is 0.906. The number of hydrogen-bond acceptors (Lipinski definition) is 9. The average molecular weight is 443 g/mol. The molecule has 1 aromatic carbocycles. The Morgan fingerprint density at radius 3 is 2.68 bits per heavy atom. The Morgan fingerprint density at radius 1 is 1.26 bits per heavy atom. The third-order valence-electron chi connectivity index (χ3n) is 5.13. The first-order valence-electron chi connectivity index (χ1n) is 9.76. The van der Waals surface area contributed by atoms with Crippen molar-refractivity contribution in [1.82, 2.24) is 19.9 Å². The molecule has 10 nitrogen and oxygen atoms in total. The van der Waals surface area contributed by atoms with Crippen LogP contribution in [-0.4, -0.2) is 71.0 Å². The van der Waals surface area contributed by atoms with E-state index in [2.05, 4.69) is 15.0 Å². The highest BCUT2D eigenvalue weighted by molar-refractivity contribution is 7.13. The van der Waals surface area contributed by atoms with Crippen LogP contribution in [0.4, 0.5) is 11.4 Å². The number of thiophene rings is 1. The lowest BCUT2D eigenvalue weighted by Crippen LogP contribution is -2.48. The molecule has 0 bridgehead atoms. The number of carbonyl (C=O) groups excluding carboxylic acids is 1. The van der Waals surface area contributed by atoms with E-state index in [9.17, 15) is 14.9 Å². The Hall–Kier alpha value is -3.31. The van der Waals surface area contributed by atoms with Gasteiger partial charge in [-0.1, -0.05) is 11.2 Å². The molecule has 0 unspecified atom stereocenters. The highest BCUT2D eigenvalue weighted by Crippen LogP contribution is 2.26. The zero-order valence-electron chi connectivity index (χ0n) is 17.2. The molecule has 1 saturated heterocycles. The molecule has 0 radical (unpaired) electrons. The van der Waals surface area contributed by atoms with Crippen LogP contribution in [0.5, 0.6) is 0 Å². The van der Waals surface area contributed by atoms with E-state index in [-0.39, 0.29) is 11.6 Å². The molecule has 0 atom stereocenters. The summed E-state index contributed by atoms with van der Waals surface area (Å²) in [7, 11) is 3.62. The van der Waals surface area contributed by atoms with Crippen LogP contribution in [-0.2, 0) is 6.54 Å². The first-order chi connectivity index (χ1) is 14.9. The van der Waals surface area contributed by atoms with E-state index in [0.717, 1.165) is 4.88 Å². The molecule has 11 heteroatoms. The van der Waals surface area contributed by atoms with Crippen molar-refractivity contribution >= 4 is 28.6 Å². The molecular formula is C20H22N6O4S. The largest absolute Gasteiger partial charge is 0.377 e. The molecule has 0 N–H and O–H groups in total. The summed E-state index contributed by atoms with van der Waals surface area (Å²) >= 11 is 1.54. The molecule has 0 saturated carbocycles. The first kappa shape index (κ1) is 20.9. The maximum absolute atomic E-state index is 13.1. The summed E-state index contributed by atoms with van der Waals surface area (Å²) in [6.07, 6.45) is 0. The molecule has 0 spiro atoms. The number of piperazine rings is 1. The fraction of sp³-hybridized carbons (Fsp3) is 0.350. The number of anilines is 1. The van der Waals surface area contributed by atoms with Gasteiger partial charge in [-0.2, -0.15) is 4.98 Å². The van der Waals surface area contributed by atoms with E-state index in [1.165, 1.54) is 12.1 Å².